The second-order valence-corrected chi connectivity index (χ2v) is 5.65. The molecule has 3 rings (SSSR count). The number of aromatic nitrogens is 1. The number of halogens is 2. The summed E-state index contributed by atoms with van der Waals surface area (Å²) in [7, 11) is 0. The highest BCUT2D eigenvalue weighted by Gasteiger charge is 2.32. The van der Waals surface area contributed by atoms with Gasteiger partial charge in [0.1, 0.15) is 6.04 Å². The van der Waals surface area contributed by atoms with Gasteiger partial charge in [-0.15, -0.1) is 0 Å². The Balaban J connectivity index is 1.76. The van der Waals surface area contributed by atoms with Crippen LogP contribution in [0.3, 0.4) is 0 Å². The molecule has 1 aliphatic heterocycles. The molecule has 6 heteroatoms. The second kappa shape index (κ2) is 5.92. The molecule has 0 bridgehead atoms. The van der Waals surface area contributed by atoms with Crippen molar-refractivity contribution in [3.05, 3.63) is 52.8 Å². The van der Waals surface area contributed by atoms with Crippen molar-refractivity contribution < 1.29 is 4.79 Å². The summed E-state index contributed by atoms with van der Waals surface area (Å²) in [6, 6.07) is 8.78. The quantitative estimate of drug-likeness (QED) is 0.939. The van der Waals surface area contributed by atoms with E-state index in [1.54, 1.807) is 35.5 Å². The lowest BCUT2D eigenvalue weighted by molar-refractivity contribution is -0.117. The Morgan fingerprint density at radius 2 is 2.14 bits per heavy atom. The predicted octanol–water partition coefficient (Wildman–Crippen LogP) is 3.61. The molecule has 1 aromatic carbocycles. The number of carbonyl (C=O) groups is 1. The largest absolute Gasteiger partial charge is 0.372 e. The first-order valence-electron chi connectivity index (χ1n) is 6.58. The van der Waals surface area contributed by atoms with Crippen molar-refractivity contribution in [1.82, 2.24) is 4.98 Å². The molecule has 2 aromatic rings. The van der Waals surface area contributed by atoms with Crippen LogP contribution in [0.5, 0.6) is 0 Å². The van der Waals surface area contributed by atoms with Crippen LogP contribution in [0.15, 0.2) is 42.7 Å². The van der Waals surface area contributed by atoms with E-state index in [0.717, 1.165) is 11.4 Å². The zero-order valence-electron chi connectivity index (χ0n) is 11.1. The Labute approximate surface area is 132 Å². The first-order valence-corrected chi connectivity index (χ1v) is 7.34. The molecule has 1 fully saturated rings. The van der Waals surface area contributed by atoms with Crippen LogP contribution in [0.2, 0.25) is 10.0 Å². The van der Waals surface area contributed by atoms with Gasteiger partial charge < -0.3 is 10.2 Å². The maximum Gasteiger partial charge on any atom is 0.249 e. The lowest BCUT2D eigenvalue weighted by Gasteiger charge is -2.18. The van der Waals surface area contributed by atoms with Gasteiger partial charge in [0.2, 0.25) is 5.91 Å². The number of hydrogen-bond acceptors (Lipinski definition) is 3. The van der Waals surface area contributed by atoms with Crippen molar-refractivity contribution >= 4 is 40.5 Å². The summed E-state index contributed by atoms with van der Waals surface area (Å²) in [5, 5.41) is 4.30. The number of nitrogens with zero attached hydrogens (tertiary/aromatic N) is 2. The summed E-state index contributed by atoms with van der Waals surface area (Å²) in [6.45, 7) is 0.652. The molecule has 1 N–H and O–H groups in total. The number of nitrogens with one attached hydrogen (secondary N) is 1. The zero-order valence-corrected chi connectivity index (χ0v) is 12.6. The molecule has 1 atom stereocenters. The number of pyridine rings is 1. The van der Waals surface area contributed by atoms with Crippen LogP contribution in [0.4, 0.5) is 11.4 Å². The number of rotatable bonds is 3. The minimum Gasteiger partial charge on any atom is -0.372 e. The number of carbonyl (C=O) groups excluding carboxylic acids is 1. The summed E-state index contributed by atoms with van der Waals surface area (Å²) < 4.78 is 0. The molecule has 1 aromatic heterocycles. The maximum atomic E-state index is 12.5. The zero-order chi connectivity index (χ0) is 14.8. The van der Waals surface area contributed by atoms with Gasteiger partial charge in [-0.25, -0.2) is 0 Å². The van der Waals surface area contributed by atoms with Crippen LogP contribution >= 0.6 is 23.2 Å². The van der Waals surface area contributed by atoms with Crippen LogP contribution < -0.4 is 10.2 Å². The highest BCUT2D eigenvalue weighted by atomic mass is 35.5. The third kappa shape index (κ3) is 2.96. The Hall–Kier alpha value is -1.78. The van der Waals surface area contributed by atoms with E-state index in [2.05, 4.69) is 10.3 Å². The van der Waals surface area contributed by atoms with E-state index in [4.69, 9.17) is 23.2 Å². The summed E-state index contributed by atoms with van der Waals surface area (Å²) >= 11 is 12.0. The molecule has 1 aliphatic rings. The fourth-order valence-electron chi connectivity index (χ4n) is 2.39. The molecule has 0 radical (unpaired) electrons. The molecular formula is C15H13Cl2N3O. The van der Waals surface area contributed by atoms with Gasteiger partial charge in [0.25, 0.3) is 0 Å². The van der Waals surface area contributed by atoms with E-state index in [9.17, 15) is 4.79 Å². The van der Waals surface area contributed by atoms with Gasteiger partial charge in [-0.3, -0.25) is 9.78 Å². The fraction of sp³-hybridized carbons (Fsp3) is 0.200. The van der Waals surface area contributed by atoms with E-state index in [-0.39, 0.29) is 11.9 Å². The normalized spacial score (nSPS) is 18.1. The Morgan fingerprint density at radius 3 is 2.90 bits per heavy atom. The first kappa shape index (κ1) is 14.2. The molecule has 2 heterocycles. The monoisotopic (exact) mass is 321 g/mol. The summed E-state index contributed by atoms with van der Waals surface area (Å²) in [5.41, 5.74) is 1.54. The predicted molar refractivity (Wildman–Crippen MR) is 85.1 cm³/mol. The van der Waals surface area contributed by atoms with Gasteiger partial charge in [-0.1, -0.05) is 29.3 Å². The lowest BCUT2D eigenvalue weighted by Crippen LogP contribution is -2.33. The van der Waals surface area contributed by atoms with Gasteiger partial charge in [-0.2, -0.15) is 0 Å². The highest BCUT2D eigenvalue weighted by Crippen LogP contribution is 2.27. The van der Waals surface area contributed by atoms with E-state index >= 15 is 0 Å². The number of amides is 1. The SMILES string of the molecule is O=C1C(Nc2ccncc2Cl)CCN1c1cccc(Cl)c1. The molecule has 1 unspecified atom stereocenters. The topological polar surface area (TPSA) is 45.2 Å². The van der Waals surface area contributed by atoms with Gasteiger partial charge in [0.05, 0.1) is 10.7 Å². The van der Waals surface area contributed by atoms with Crippen molar-refractivity contribution in [3.63, 3.8) is 0 Å². The third-order valence-electron chi connectivity index (χ3n) is 3.43. The molecule has 108 valence electrons. The number of hydrogen-bond donors (Lipinski definition) is 1. The third-order valence-corrected chi connectivity index (χ3v) is 3.96. The van der Waals surface area contributed by atoms with Gasteiger partial charge in [0, 0.05) is 29.6 Å². The summed E-state index contributed by atoms with van der Waals surface area (Å²) in [4.78, 5) is 18.2. The minimum absolute atomic E-state index is 0.0187. The lowest BCUT2D eigenvalue weighted by atomic mass is 10.2. The molecule has 21 heavy (non-hydrogen) atoms. The highest BCUT2D eigenvalue weighted by molar-refractivity contribution is 6.33. The van der Waals surface area contributed by atoms with Crippen molar-refractivity contribution in [2.24, 2.45) is 0 Å². The standard InChI is InChI=1S/C15H13Cl2N3O/c16-10-2-1-3-11(8-10)20-7-5-14(15(20)21)19-13-4-6-18-9-12(13)17/h1-4,6,8-9,14H,5,7H2,(H,18,19). The van der Waals surface area contributed by atoms with Crippen molar-refractivity contribution in [2.75, 3.05) is 16.8 Å². The summed E-state index contributed by atoms with van der Waals surface area (Å²) in [5.74, 6) is 0.0187. The second-order valence-electron chi connectivity index (χ2n) is 4.81. The molecule has 4 nitrogen and oxygen atoms in total. The van der Waals surface area contributed by atoms with Gasteiger partial charge in [-0.05, 0) is 30.7 Å². The summed E-state index contributed by atoms with van der Waals surface area (Å²) in [6.07, 6.45) is 3.91. The van der Waals surface area contributed by atoms with E-state index in [1.807, 2.05) is 12.1 Å². The van der Waals surface area contributed by atoms with Crippen molar-refractivity contribution in [2.45, 2.75) is 12.5 Å². The minimum atomic E-state index is -0.288. The average Bonchev–Trinajstić information content (AvgIpc) is 2.83. The van der Waals surface area contributed by atoms with E-state index in [0.29, 0.717) is 23.0 Å². The van der Waals surface area contributed by atoms with E-state index < -0.39 is 0 Å². The van der Waals surface area contributed by atoms with Gasteiger partial charge >= 0.3 is 0 Å². The van der Waals surface area contributed by atoms with Gasteiger partial charge in [0.15, 0.2) is 0 Å². The smallest absolute Gasteiger partial charge is 0.249 e. The van der Waals surface area contributed by atoms with Crippen LogP contribution in [0, 0.1) is 0 Å². The average molecular weight is 322 g/mol. The van der Waals surface area contributed by atoms with Crippen LogP contribution in [-0.2, 0) is 4.79 Å². The molecule has 0 spiro atoms. The molecule has 1 saturated heterocycles. The number of anilines is 2. The van der Waals surface area contributed by atoms with Crippen molar-refractivity contribution in [1.29, 1.82) is 0 Å². The van der Waals surface area contributed by atoms with Crippen molar-refractivity contribution in [3.8, 4) is 0 Å². The molecule has 1 amide bonds. The Morgan fingerprint density at radius 1 is 1.29 bits per heavy atom. The van der Waals surface area contributed by atoms with Crippen LogP contribution in [0.25, 0.3) is 0 Å². The molecule has 0 saturated carbocycles. The Kier molecular flexibility index (Phi) is 3.99. The maximum absolute atomic E-state index is 12.5. The molecule has 0 aliphatic carbocycles. The van der Waals surface area contributed by atoms with E-state index in [1.165, 1.54) is 0 Å². The number of benzene rings is 1. The fourth-order valence-corrected chi connectivity index (χ4v) is 2.75. The molecular weight excluding hydrogens is 309 g/mol. The van der Waals surface area contributed by atoms with Crippen LogP contribution in [-0.4, -0.2) is 23.5 Å². The first-order chi connectivity index (χ1) is 10.1. The Bertz CT molecular complexity index is 677. The van der Waals surface area contributed by atoms with Crippen LogP contribution in [0.1, 0.15) is 6.42 Å².